The molecular weight excluding hydrogens is 222 g/mol. The summed E-state index contributed by atoms with van der Waals surface area (Å²) in [6.07, 6.45) is 11.9. The summed E-state index contributed by atoms with van der Waals surface area (Å²) in [5, 5.41) is -0.625. The van der Waals surface area contributed by atoms with Crippen LogP contribution in [0, 0.1) is 0 Å². The third-order valence-corrected chi connectivity index (χ3v) is 3.67. The first-order valence-corrected chi connectivity index (χ1v) is 7.82. The summed E-state index contributed by atoms with van der Waals surface area (Å²) in [7, 11) is -2.42. The maximum Gasteiger partial charge on any atom is 0.155 e. The van der Waals surface area contributed by atoms with E-state index < -0.39 is 16.1 Å². The highest BCUT2D eigenvalue weighted by molar-refractivity contribution is 7.73. The predicted octanol–water partition coefficient (Wildman–Crippen LogP) is 2.80. The monoisotopic (exact) mass is 249 g/mol. The lowest BCUT2D eigenvalue weighted by atomic mass is 10.1. The third kappa shape index (κ3) is 10.4. The standard InChI is InChI=1S/C12H27NO2S/c1-2-3-4-5-6-7-8-9-10-11-12(13)16(14)15/h12,16H,2-11,13H2,1H3. The molecular formula is C12H27NO2S. The number of nitrogens with two attached hydrogens (primary N) is 1. The highest BCUT2D eigenvalue weighted by Crippen LogP contribution is 2.10. The average molecular weight is 249 g/mol. The molecule has 0 rings (SSSR count). The quantitative estimate of drug-likeness (QED) is 0.437. The van der Waals surface area contributed by atoms with Crippen molar-refractivity contribution in [2.45, 2.75) is 76.5 Å². The second kappa shape index (κ2) is 11.4. The minimum atomic E-state index is -2.42. The van der Waals surface area contributed by atoms with E-state index in [0.717, 1.165) is 12.8 Å². The molecule has 1 unspecified atom stereocenters. The van der Waals surface area contributed by atoms with Gasteiger partial charge in [0.15, 0.2) is 10.7 Å². The maximum absolute atomic E-state index is 10.5. The summed E-state index contributed by atoms with van der Waals surface area (Å²) in [5.74, 6) is 0. The van der Waals surface area contributed by atoms with Gasteiger partial charge in [0.1, 0.15) is 5.37 Å². The van der Waals surface area contributed by atoms with Gasteiger partial charge in [-0.2, -0.15) is 0 Å². The Morgan fingerprint density at radius 2 is 1.31 bits per heavy atom. The molecule has 0 fully saturated rings. The normalized spacial score (nSPS) is 13.2. The molecule has 0 radical (unpaired) electrons. The zero-order valence-corrected chi connectivity index (χ0v) is 11.4. The van der Waals surface area contributed by atoms with E-state index >= 15 is 0 Å². The van der Waals surface area contributed by atoms with Crippen molar-refractivity contribution in [1.29, 1.82) is 0 Å². The first-order chi connectivity index (χ1) is 7.68. The Morgan fingerprint density at radius 3 is 1.75 bits per heavy atom. The molecule has 2 N–H and O–H groups in total. The molecule has 0 saturated carbocycles. The largest absolute Gasteiger partial charge is 0.315 e. The maximum atomic E-state index is 10.5. The third-order valence-electron chi connectivity index (χ3n) is 2.87. The number of hydrogen-bond acceptors (Lipinski definition) is 3. The molecule has 0 aliphatic carbocycles. The Labute approximate surface area is 102 Å². The first-order valence-electron chi connectivity index (χ1n) is 6.57. The van der Waals surface area contributed by atoms with Crippen LogP contribution in [-0.4, -0.2) is 13.8 Å². The van der Waals surface area contributed by atoms with E-state index in [9.17, 15) is 8.42 Å². The summed E-state index contributed by atoms with van der Waals surface area (Å²) in [6, 6.07) is 0. The van der Waals surface area contributed by atoms with Crippen LogP contribution in [0.3, 0.4) is 0 Å². The van der Waals surface area contributed by atoms with E-state index in [1.165, 1.54) is 44.9 Å². The molecule has 1 atom stereocenters. The fourth-order valence-corrected chi connectivity index (χ4v) is 2.16. The molecule has 16 heavy (non-hydrogen) atoms. The fraction of sp³-hybridized carbons (Fsp3) is 1.00. The lowest BCUT2D eigenvalue weighted by Crippen LogP contribution is -2.20. The minimum absolute atomic E-state index is 0.620. The molecule has 0 bridgehead atoms. The van der Waals surface area contributed by atoms with Crippen molar-refractivity contribution in [2.24, 2.45) is 5.73 Å². The Kier molecular flexibility index (Phi) is 11.3. The first kappa shape index (κ1) is 15.9. The topological polar surface area (TPSA) is 60.2 Å². The van der Waals surface area contributed by atoms with E-state index in [-0.39, 0.29) is 0 Å². The Morgan fingerprint density at radius 1 is 0.875 bits per heavy atom. The Balaban J connectivity index is 3.10. The van der Waals surface area contributed by atoms with Gasteiger partial charge < -0.3 is 5.73 Å². The fourth-order valence-electron chi connectivity index (χ4n) is 1.77. The van der Waals surface area contributed by atoms with Crippen molar-refractivity contribution >= 4 is 10.7 Å². The van der Waals surface area contributed by atoms with Gasteiger partial charge in [0.25, 0.3) is 0 Å². The number of rotatable bonds is 11. The van der Waals surface area contributed by atoms with Crippen molar-refractivity contribution in [3.63, 3.8) is 0 Å². The van der Waals surface area contributed by atoms with E-state index in [0.29, 0.717) is 6.42 Å². The summed E-state index contributed by atoms with van der Waals surface area (Å²) < 4.78 is 21.0. The van der Waals surface area contributed by atoms with Crippen LogP contribution in [0.5, 0.6) is 0 Å². The van der Waals surface area contributed by atoms with Gasteiger partial charge in [0, 0.05) is 0 Å². The van der Waals surface area contributed by atoms with Gasteiger partial charge in [-0.05, 0) is 6.42 Å². The molecule has 0 spiro atoms. The van der Waals surface area contributed by atoms with E-state index in [1.807, 2.05) is 0 Å². The highest BCUT2D eigenvalue weighted by Gasteiger charge is 2.03. The molecule has 0 aromatic carbocycles. The molecule has 3 nitrogen and oxygen atoms in total. The smallest absolute Gasteiger partial charge is 0.155 e. The van der Waals surface area contributed by atoms with E-state index in [2.05, 4.69) is 6.92 Å². The molecule has 0 aromatic rings. The molecule has 0 heterocycles. The van der Waals surface area contributed by atoms with Crippen LogP contribution in [0.25, 0.3) is 0 Å². The lowest BCUT2D eigenvalue weighted by Gasteiger charge is -2.04. The Hall–Kier alpha value is -0.0900. The van der Waals surface area contributed by atoms with Gasteiger partial charge in [0.05, 0.1) is 0 Å². The molecule has 4 heteroatoms. The van der Waals surface area contributed by atoms with E-state index in [1.54, 1.807) is 0 Å². The molecule has 0 aliphatic heterocycles. The second-order valence-electron chi connectivity index (χ2n) is 4.47. The zero-order chi connectivity index (χ0) is 12.2. The van der Waals surface area contributed by atoms with Crippen molar-refractivity contribution in [3.8, 4) is 0 Å². The highest BCUT2D eigenvalue weighted by atomic mass is 32.2. The van der Waals surface area contributed by atoms with Crippen molar-refractivity contribution in [3.05, 3.63) is 0 Å². The van der Waals surface area contributed by atoms with Gasteiger partial charge in [-0.1, -0.05) is 64.7 Å². The van der Waals surface area contributed by atoms with Crippen LogP contribution in [0.2, 0.25) is 0 Å². The van der Waals surface area contributed by atoms with Crippen LogP contribution in [0.15, 0.2) is 0 Å². The SMILES string of the molecule is CCCCCCCCCCCC(N)[SH](=O)=O. The van der Waals surface area contributed by atoms with Crippen LogP contribution in [-0.2, 0) is 10.7 Å². The zero-order valence-electron chi connectivity index (χ0n) is 10.5. The molecule has 0 aromatic heterocycles. The molecule has 0 aliphatic rings. The van der Waals surface area contributed by atoms with Crippen molar-refractivity contribution < 1.29 is 8.42 Å². The predicted molar refractivity (Wildman–Crippen MR) is 70.1 cm³/mol. The van der Waals surface area contributed by atoms with E-state index in [4.69, 9.17) is 5.73 Å². The van der Waals surface area contributed by atoms with Gasteiger partial charge in [-0.3, -0.25) is 0 Å². The van der Waals surface area contributed by atoms with Gasteiger partial charge in [0.2, 0.25) is 0 Å². The van der Waals surface area contributed by atoms with Crippen LogP contribution < -0.4 is 5.73 Å². The van der Waals surface area contributed by atoms with Crippen LogP contribution in [0.4, 0.5) is 0 Å². The summed E-state index contributed by atoms with van der Waals surface area (Å²) in [4.78, 5) is 0. The summed E-state index contributed by atoms with van der Waals surface area (Å²) in [5.41, 5.74) is 5.42. The molecule has 0 amide bonds. The molecule has 98 valence electrons. The van der Waals surface area contributed by atoms with Crippen molar-refractivity contribution in [1.82, 2.24) is 0 Å². The lowest BCUT2D eigenvalue weighted by molar-refractivity contribution is 0.545. The Bertz CT molecular complexity index is 209. The minimum Gasteiger partial charge on any atom is -0.315 e. The van der Waals surface area contributed by atoms with Gasteiger partial charge >= 0.3 is 0 Å². The van der Waals surface area contributed by atoms with Crippen LogP contribution in [0.1, 0.15) is 71.1 Å². The number of hydrogen-bond donors (Lipinski definition) is 2. The summed E-state index contributed by atoms with van der Waals surface area (Å²) >= 11 is 0. The van der Waals surface area contributed by atoms with Gasteiger partial charge in [-0.25, -0.2) is 8.42 Å². The molecule has 0 saturated heterocycles. The van der Waals surface area contributed by atoms with Crippen molar-refractivity contribution in [2.75, 3.05) is 0 Å². The van der Waals surface area contributed by atoms with Crippen LogP contribution >= 0.6 is 0 Å². The number of unbranched alkanes of at least 4 members (excludes halogenated alkanes) is 8. The second-order valence-corrected chi connectivity index (χ2v) is 5.70. The summed E-state index contributed by atoms with van der Waals surface area (Å²) in [6.45, 7) is 2.23. The number of thiol groups is 1. The van der Waals surface area contributed by atoms with Gasteiger partial charge in [-0.15, -0.1) is 0 Å². The average Bonchev–Trinajstić information content (AvgIpc) is 2.26.